The Hall–Kier alpha value is -1.54. The molecule has 17 heavy (non-hydrogen) atoms. The number of hydrogen-bond acceptors (Lipinski definition) is 4. The maximum atomic E-state index is 11.9. The predicted octanol–water partition coefficient (Wildman–Crippen LogP) is -1.83. The normalized spacial score (nSPS) is 24.4. The highest BCUT2D eigenvalue weighted by molar-refractivity contribution is 7.79. The van der Waals surface area contributed by atoms with Crippen molar-refractivity contribution in [1.82, 2.24) is 15.1 Å². The number of nitrogens with one attached hydrogen (secondary N) is 1. The Morgan fingerprint density at radius 3 is 2.65 bits per heavy atom. The Morgan fingerprint density at radius 1 is 1.41 bits per heavy atom. The summed E-state index contributed by atoms with van der Waals surface area (Å²) in [6, 6.07) is -1.04. The number of urea groups is 1. The summed E-state index contributed by atoms with van der Waals surface area (Å²) < 4.78 is 1.57. The van der Waals surface area contributed by atoms with E-state index in [9.17, 15) is 9.59 Å². The fourth-order valence-electron chi connectivity index (χ4n) is 2.00. The van der Waals surface area contributed by atoms with E-state index in [1.807, 2.05) is 0 Å². The van der Waals surface area contributed by atoms with Crippen molar-refractivity contribution in [3.63, 3.8) is 0 Å². The van der Waals surface area contributed by atoms with Gasteiger partial charge in [-0.3, -0.25) is 15.0 Å². The molecule has 0 aromatic carbocycles. The first-order valence-corrected chi connectivity index (χ1v) is 5.51. The van der Waals surface area contributed by atoms with Gasteiger partial charge in [0.15, 0.2) is 0 Å². The molecule has 0 bridgehead atoms. The number of carbonyl (C=O) groups excluding carboxylic acids is 2. The van der Waals surface area contributed by atoms with Crippen LogP contribution < -0.4 is 5.32 Å². The van der Waals surface area contributed by atoms with Crippen molar-refractivity contribution in [3.8, 4) is 0 Å². The first-order chi connectivity index (χ1) is 7.99. The summed E-state index contributed by atoms with van der Waals surface area (Å²) >= 11 is 5.08. The van der Waals surface area contributed by atoms with Gasteiger partial charge in [-0.2, -0.15) is 0 Å². The minimum absolute atomic E-state index is 0.107. The molecule has 1 atom stereocenters. The van der Waals surface area contributed by atoms with Crippen molar-refractivity contribution in [3.05, 3.63) is 0 Å². The summed E-state index contributed by atoms with van der Waals surface area (Å²) in [5, 5.41) is 12.2. The first kappa shape index (κ1) is 11.9. The Kier molecular flexibility index (Phi) is 2.84. The summed E-state index contributed by atoms with van der Waals surface area (Å²) in [7, 11) is 3.00. The van der Waals surface area contributed by atoms with Gasteiger partial charge in [-0.15, -0.1) is 0 Å². The average Bonchev–Trinajstić information content (AvgIpc) is 2.62. The Morgan fingerprint density at radius 2 is 2.06 bits per heavy atom. The van der Waals surface area contributed by atoms with Crippen LogP contribution in [0.15, 0.2) is 0 Å². The number of rotatable bonds is 2. The second-order valence-electron chi connectivity index (χ2n) is 3.85. The Bertz CT molecular complexity index is 448. The monoisotopic (exact) mass is 257 g/mol. The molecule has 7 nitrogen and oxygen atoms in total. The van der Waals surface area contributed by atoms with E-state index in [4.69, 9.17) is 17.3 Å². The molecular formula is C9H13N4O3S+. The molecule has 0 spiro atoms. The first-order valence-electron chi connectivity index (χ1n) is 5.10. The highest BCUT2D eigenvalue weighted by atomic mass is 32.1. The van der Waals surface area contributed by atoms with Crippen LogP contribution in [-0.2, 0) is 4.79 Å². The highest BCUT2D eigenvalue weighted by Gasteiger charge is 2.52. The number of aliphatic hydroxyl groups excluding tert-OH is 1. The number of thiocarbonyl (C=S) groups is 1. The fourth-order valence-corrected chi connectivity index (χ4v) is 2.30. The number of fused-ring (bicyclic) bond motifs is 1. The molecule has 0 saturated carbocycles. The van der Waals surface area contributed by atoms with E-state index in [1.165, 1.54) is 11.9 Å². The van der Waals surface area contributed by atoms with Gasteiger partial charge in [-0.05, 0) is 12.2 Å². The van der Waals surface area contributed by atoms with Crippen molar-refractivity contribution < 1.29 is 19.3 Å². The topological polar surface area (TPSA) is 75.9 Å². The van der Waals surface area contributed by atoms with E-state index in [0.717, 1.165) is 4.90 Å². The van der Waals surface area contributed by atoms with E-state index in [-0.39, 0.29) is 19.1 Å². The van der Waals surface area contributed by atoms with Gasteiger partial charge in [0.2, 0.25) is 6.04 Å². The molecule has 92 valence electrons. The lowest BCUT2D eigenvalue weighted by Gasteiger charge is -2.28. The molecule has 2 N–H and O–H groups in total. The van der Waals surface area contributed by atoms with Gasteiger partial charge in [0, 0.05) is 7.05 Å². The molecule has 3 amide bonds. The van der Waals surface area contributed by atoms with Crippen LogP contribution in [0, 0.1) is 0 Å². The highest BCUT2D eigenvalue weighted by Crippen LogP contribution is 2.14. The molecule has 2 rings (SSSR count). The third-order valence-electron chi connectivity index (χ3n) is 2.87. The van der Waals surface area contributed by atoms with Gasteiger partial charge in [-0.25, -0.2) is 14.3 Å². The summed E-state index contributed by atoms with van der Waals surface area (Å²) in [6.45, 7) is 0.149. The van der Waals surface area contributed by atoms with Crippen LogP contribution >= 0.6 is 12.2 Å². The third-order valence-corrected chi connectivity index (χ3v) is 3.20. The van der Waals surface area contributed by atoms with Gasteiger partial charge in [-0.1, -0.05) is 0 Å². The van der Waals surface area contributed by atoms with Crippen molar-refractivity contribution in [1.29, 1.82) is 0 Å². The molecule has 1 unspecified atom stereocenters. The lowest BCUT2D eigenvalue weighted by atomic mass is 10.2. The molecule has 8 heteroatoms. The Balaban J connectivity index is 2.48. The van der Waals surface area contributed by atoms with Crippen LogP contribution in [0.5, 0.6) is 0 Å². The van der Waals surface area contributed by atoms with Crippen molar-refractivity contribution in [2.24, 2.45) is 0 Å². The zero-order valence-corrected chi connectivity index (χ0v) is 10.3. The van der Waals surface area contributed by atoms with Crippen LogP contribution in [0.3, 0.4) is 0 Å². The second-order valence-corrected chi connectivity index (χ2v) is 4.24. The number of hydrogen-bond donors (Lipinski definition) is 2. The van der Waals surface area contributed by atoms with Gasteiger partial charge in [0.05, 0.1) is 20.2 Å². The number of nitrogens with zero attached hydrogens (tertiary/aromatic N) is 3. The van der Waals surface area contributed by atoms with Crippen LogP contribution in [-0.4, -0.2) is 75.7 Å². The largest absolute Gasteiger partial charge is 0.393 e. The van der Waals surface area contributed by atoms with E-state index < -0.39 is 12.1 Å². The number of β-amino-alcohol motifs (C(OH)–C–C–N with tert-alkyl or cyclic N) is 1. The zero-order chi connectivity index (χ0) is 12.7. The molecule has 2 aliphatic heterocycles. The van der Waals surface area contributed by atoms with Crippen molar-refractivity contribution in [2.75, 3.05) is 27.2 Å². The minimum atomic E-state index is -0.637. The van der Waals surface area contributed by atoms with Crippen LogP contribution in [0.1, 0.15) is 0 Å². The summed E-state index contributed by atoms with van der Waals surface area (Å²) in [4.78, 5) is 26.1. The van der Waals surface area contributed by atoms with Crippen molar-refractivity contribution in [2.45, 2.75) is 6.04 Å². The molecule has 2 aliphatic rings. The minimum Gasteiger partial charge on any atom is -0.393 e. The van der Waals surface area contributed by atoms with E-state index in [1.54, 1.807) is 11.6 Å². The van der Waals surface area contributed by atoms with Crippen molar-refractivity contribution >= 4 is 35.1 Å². The van der Waals surface area contributed by atoms with Crippen LogP contribution in [0.25, 0.3) is 0 Å². The molecule has 0 radical (unpaired) electrons. The molecular weight excluding hydrogens is 244 g/mol. The van der Waals surface area contributed by atoms with Crippen LogP contribution in [0.4, 0.5) is 4.79 Å². The molecule has 0 aromatic rings. The van der Waals surface area contributed by atoms with Gasteiger partial charge in [0.25, 0.3) is 16.9 Å². The maximum absolute atomic E-state index is 11.9. The molecule has 1 saturated heterocycles. The SMILES string of the molecule is CN1C(=O)C2NC(=S)[N+](CCO)=C2N(C)C1=O. The Labute approximate surface area is 103 Å². The number of likely N-dealkylation sites (N-methyl/N-ethyl adjacent to an activating group) is 2. The van der Waals surface area contributed by atoms with Gasteiger partial charge >= 0.3 is 6.03 Å². The molecule has 0 aromatic heterocycles. The number of aliphatic hydroxyl groups is 1. The van der Waals surface area contributed by atoms with E-state index >= 15 is 0 Å². The zero-order valence-electron chi connectivity index (χ0n) is 9.51. The molecule has 1 fully saturated rings. The van der Waals surface area contributed by atoms with E-state index in [2.05, 4.69) is 5.32 Å². The third kappa shape index (κ3) is 1.60. The lowest BCUT2D eigenvalue weighted by Crippen LogP contribution is -2.62. The summed E-state index contributed by atoms with van der Waals surface area (Å²) in [5.41, 5.74) is 0. The summed E-state index contributed by atoms with van der Waals surface area (Å²) in [5.74, 6) is 0.142. The number of amidine groups is 1. The average molecular weight is 257 g/mol. The molecule has 0 aliphatic carbocycles. The standard InChI is InChI=1S/C9H12N4O3S/c1-11-6-5(7(15)12(2)9(11)16)10-8(17)13(6)3-4-14/h5,14H,3-4H2,1-2H3/p+1. The smallest absolute Gasteiger partial charge is 0.388 e. The number of carbonyl (C=O) groups is 2. The van der Waals surface area contributed by atoms with E-state index in [0.29, 0.717) is 10.9 Å². The summed E-state index contributed by atoms with van der Waals surface area (Å²) in [6.07, 6.45) is 0. The van der Waals surface area contributed by atoms with Gasteiger partial charge < -0.3 is 5.11 Å². The number of amides is 3. The molecule has 2 heterocycles. The second kappa shape index (κ2) is 4.04. The maximum Gasteiger partial charge on any atom is 0.388 e. The van der Waals surface area contributed by atoms with Crippen LogP contribution in [0.2, 0.25) is 0 Å². The quantitative estimate of drug-likeness (QED) is 0.449. The predicted molar refractivity (Wildman–Crippen MR) is 62.7 cm³/mol. The fraction of sp³-hybridized carbons (Fsp3) is 0.556. The lowest BCUT2D eigenvalue weighted by molar-refractivity contribution is -0.411. The number of imide groups is 1. The van der Waals surface area contributed by atoms with Gasteiger partial charge in [0.1, 0.15) is 0 Å².